The van der Waals surface area contributed by atoms with Crippen LogP contribution in [0.1, 0.15) is 40.5 Å². The van der Waals surface area contributed by atoms with Crippen molar-refractivity contribution in [1.29, 1.82) is 0 Å². The Morgan fingerprint density at radius 2 is 2.08 bits per heavy atom. The Balaban J connectivity index is 2.07. The lowest BCUT2D eigenvalue weighted by atomic mass is 9.78. The molecule has 7 heteroatoms. The predicted molar refractivity (Wildman–Crippen MR) is 94.2 cm³/mol. The molecule has 7 nitrogen and oxygen atoms in total. The van der Waals surface area contributed by atoms with Gasteiger partial charge in [-0.3, -0.25) is 4.79 Å². The Labute approximate surface area is 154 Å². The molecular weight excluding hydrogens is 340 g/mol. The molecule has 8 atom stereocenters. The SMILES string of the molecule is C/C=C\[C@H](C)[C@H]1O[C@]1(C)[C@@H](O)[C@@H](CO)C(=O)[C@@H]1COC(O)(CC)C[C@H]1O. The molecule has 2 saturated heterocycles. The third kappa shape index (κ3) is 4.03. The van der Waals surface area contributed by atoms with E-state index in [0.29, 0.717) is 6.42 Å². The van der Waals surface area contributed by atoms with E-state index >= 15 is 0 Å². The van der Waals surface area contributed by atoms with Gasteiger partial charge >= 0.3 is 0 Å². The molecule has 2 aliphatic rings. The van der Waals surface area contributed by atoms with Gasteiger partial charge in [0.25, 0.3) is 0 Å². The van der Waals surface area contributed by atoms with Crippen LogP contribution < -0.4 is 0 Å². The van der Waals surface area contributed by atoms with Crippen LogP contribution in [0.5, 0.6) is 0 Å². The van der Waals surface area contributed by atoms with E-state index in [-0.39, 0.29) is 25.0 Å². The summed E-state index contributed by atoms with van der Waals surface area (Å²) in [5, 5.41) is 40.9. The molecule has 150 valence electrons. The summed E-state index contributed by atoms with van der Waals surface area (Å²) in [7, 11) is 0. The maximum Gasteiger partial charge on any atom is 0.167 e. The standard InChI is InChI=1S/C19H32O7/c1-5-7-11(3)17-18(4,26-17)16(23)12(9-20)15(22)13-10-25-19(24,6-2)8-14(13)21/h5,7,11-14,16-17,20-21,23-24H,6,8-10H2,1-4H3/b7-5-/t11-,12-,13+,14+,16-,17+,18+,19?/m0/s1. The molecule has 2 aliphatic heterocycles. The number of rotatable bonds is 8. The number of hydrogen-bond donors (Lipinski definition) is 4. The molecule has 4 N–H and O–H groups in total. The van der Waals surface area contributed by atoms with Crippen molar-refractivity contribution in [2.75, 3.05) is 13.2 Å². The number of ether oxygens (including phenoxy) is 2. The Morgan fingerprint density at radius 1 is 1.42 bits per heavy atom. The fraction of sp³-hybridized carbons (Fsp3) is 0.842. The van der Waals surface area contributed by atoms with Crippen LogP contribution in [0.25, 0.3) is 0 Å². The molecule has 26 heavy (non-hydrogen) atoms. The van der Waals surface area contributed by atoms with Crippen LogP contribution in [0.4, 0.5) is 0 Å². The molecule has 1 unspecified atom stereocenters. The van der Waals surface area contributed by atoms with Gasteiger partial charge in [0.15, 0.2) is 5.79 Å². The molecule has 0 aromatic heterocycles. The number of hydrogen-bond acceptors (Lipinski definition) is 7. The van der Waals surface area contributed by atoms with Gasteiger partial charge in [-0.25, -0.2) is 0 Å². The molecule has 0 spiro atoms. The summed E-state index contributed by atoms with van der Waals surface area (Å²) in [6.07, 6.45) is 1.55. The van der Waals surface area contributed by atoms with Crippen molar-refractivity contribution in [3.63, 3.8) is 0 Å². The average Bonchev–Trinajstić information content (AvgIpc) is 3.29. The van der Waals surface area contributed by atoms with E-state index in [0.717, 1.165) is 0 Å². The number of aliphatic hydroxyl groups excluding tert-OH is 3. The van der Waals surface area contributed by atoms with E-state index in [2.05, 4.69) is 0 Å². The zero-order valence-electron chi connectivity index (χ0n) is 16.0. The summed E-state index contributed by atoms with van der Waals surface area (Å²) in [6.45, 7) is 6.61. The van der Waals surface area contributed by atoms with Crippen molar-refractivity contribution >= 4 is 5.78 Å². The molecule has 0 aromatic rings. The number of epoxide rings is 1. The molecule has 0 bridgehead atoms. The van der Waals surface area contributed by atoms with E-state index in [1.54, 1.807) is 13.8 Å². The molecule has 0 saturated carbocycles. The average molecular weight is 372 g/mol. The molecule has 2 rings (SSSR count). The van der Waals surface area contributed by atoms with Crippen LogP contribution >= 0.6 is 0 Å². The largest absolute Gasteiger partial charge is 0.396 e. The van der Waals surface area contributed by atoms with E-state index in [4.69, 9.17) is 9.47 Å². The third-order valence-electron chi connectivity index (χ3n) is 5.83. The molecule has 0 amide bonds. The van der Waals surface area contributed by atoms with Gasteiger partial charge in [-0.05, 0) is 20.3 Å². The summed E-state index contributed by atoms with van der Waals surface area (Å²) in [5.41, 5.74) is -0.924. The van der Waals surface area contributed by atoms with E-state index in [9.17, 15) is 25.2 Å². The van der Waals surface area contributed by atoms with Crippen molar-refractivity contribution in [2.45, 2.75) is 70.2 Å². The lowest BCUT2D eigenvalue weighted by molar-refractivity contribution is -0.258. The molecule has 2 heterocycles. The summed E-state index contributed by atoms with van der Waals surface area (Å²) >= 11 is 0. The summed E-state index contributed by atoms with van der Waals surface area (Å²) in [5.74, 6) is -3.83. The van der Waals surface area contributed by atoms with Crippen molar-refractivity contribution in [2.24, 2.45) is 17.8 Å². The smallest absolute Gasteiger partial charge is 0.167 e. The fourth-order valence-electron chi connectivity index (χ4n) is 3.93. The number of ketones is 1. The van der Waals surface area contributed by atoms with Crippen molar-refractivity contribution in [1.82, 2.24) is 0 Å². The fourth-order valence-corrected chi connectivity index (χ4v) is 3.93. The summed E-state index contributed by atoms with van der Waals surface area (Å²) < 4.78 is 11.0. The highest BCUT2D eigenvalue weighted by molar-refractivity contribution is 5.85. The second-order valence-electron chi connectivity index (χ2n) is 7.73. The minimum atomic E-state index is -1.44. The molecule has 0 radical (unpaired) electrons. The molecule has 0 aromatic carbocycles. The minimum Gasteiger partial charge on any atom is -0.396 e. The lowest BCUT2D eigenvalue weighted by Gasteiger charge is -2.39. The Kier molecular flexibility index (Phi) is 6.64. The van der Waals surface area contributed by atoms with Crippen LogP contribution in [0.2, 0.25) is 0 Å². The van der Waals surface area contributed by atoms with Crippen molar-refractivity contribution in [3.8, 4) is 0 Å². The second-order valence-corrected chi connectivity index (χ2v) is 7.73. The molecule has 2 fully saturated rings. The third-order valence-corrected chi connectivity index (χ3v) is 5.83. The monoisotopic (exact) mass is 372 g/mol. The van der Waals surface area contributed by atoms with Gasteiger partial charge in [0, 0.05) is 12.3 Å². The van der Waals surface area contributed by atoms with Crippen molar-refractivity contribution < 1.29 is 34.7 Å². The zero-order chi connectivity index (χ0) is 19.7. The maximum absolute atomic E-state index is 12.8. The predicted octanol–water partition coefficient (Wildman–Crippen LogP) is 0.391. The van der Waals surface area contributed by atoms with Crippen LogP contribution in [-0.2, 0) is 14.3 Å². The quantitative estimate of drug-likeness (QED) is 0.359. The number of Topliss-reactive ketones (excluding diaryl/α,β-unsaturated/α-hetero) is 1. The van der Waals surface area contributed by atoms with Gasteiger partial charge in [-0.15, -0.1) is 0 Å². The highest BCUT2D eigenvalue weighted by Crippen LogP contribution is 2.47. The number of allylic oxidation sites excluding steroid dienone is 1. The maximum atomic E-state index is 12.8. The first-order valence-corrected chi connectivity index (χ1v) is 9.31. The van der Waals surface area contributed by atoms with Gasteiger partial charge < -0.3 is 29.9 Å². The topological polar surface area (TPSA) is 120 Å². The van der Waals surface area contributed by atoms with Gasteiger partial charge in [-0.1, -0.05) is 26.0 Å². The first-order valence-electron chi connectivity index (χ1n) is 9.31. The number of carbonyl (C=O) groups is 1. The normalized spacial score (nSPS) is 41.0. The first kappa shape index (κ1) is 21.5. The highest BCUT2D eigenvalue weighted by Gasteiger charge is 2.62. The van der Waals surface area contributed by atoms with Crippen LogP contribution in [0.3, 0.4) is 0 Å². The number of aliphatic hydroxyl groups is 4. The highest BCUT2D eigenvalue weighted by atomic mass is 16.6. The Morgan fingerprint density at radius 3 is 2.58 bits per heavy atom. The summed E-state index contributed by atoms with van der Waals surface area (Å²) in [6, 6.07) is 0. The number of carbonyl (C=O) groups excluding carboxylic acids is 1. The van der Waals surface area contributed by atoms with Gasteiger partial charge in [-0.2, -0.15) is 0 Å². The van der Waals surface area contributed by atoms with E-state index in [1.165, 1.54) is 0 Å². The van der Waals surface area contributed by atoms with E-state index in [1.807, 2.05) is 26.0 Å². The van der Waals surface area contributed by atoms with Gasteiger partial charge in [0.2, 0.25) is 0 Å². The zero-order valence-corrected chi connectivity index (χ0v) is 16.0. The van der Waals surface area contributed by atoms with Crippen LogP contribution in [0.15, 0.2) is 12.2 Å². The summed E-state index contributed by atoms with van der Waals surface area (Å²) in [4.78, 5) is 12.8. The Hall–Kier alpha value is -0.830. The minimum absolute atomic E-state index is 0.0669. The lowest BCUT2D eigenvalue weighted by Crippen LogP contribution is -2.53. The van der Waals surface area contributed by atoms with Crippen LogP contribution in [-0.4, -0.2) is 69.1 Å². The van der Waals surface area contributed by atoms with E-state index < -0.39 is 47.8 Å². The van der Waals surface area contributed by atoms with Gasteiger partial charge in [0.05, 0.1) is 43.4 Å². The van der Waals surface area contributed by atoms with Gasteiger partial charge in [0.1, 0.15) is 11.4 Å². The second kappa shape index (κ2) is 8.04. The van der Waals surface area contributed by atoms with Crippen molar-refractivity contribution in [3.05, 3.63) is 12.2 Å². The molecule has 0 aliphatic carbocycles. The Bertz CT molecular complexity index is 536. The molecular formula is C19H32O7. The first-order chi connectivity index (χ1) is 12.1. The van der Waals surface area contributed by atoms with Crippen LogP contribution in [0, 0.1) is 17.8 Å².